The van der Waals surface area contributed by atoms with Crippen molar-refractivity contribution < 1.29 is 19.1 Å². The van der Waals surface area contributed by atoms with Crippen LogP contribution < -0.4 is 20.2 Å². The maximum absolute atomic E-state index is 11.9. The summed E-state index contributed by atoms with van der Waals surface area (Å²) in [4.78, 5) is 27.6. The zero-order valence-corrected chi connectivity index (χ0v) is 16.9. The second kappa shape index (κ2) is 11.1. The average Bonchev–Trinajstić information content (AvgIpc) is 2.82. The molecule has 0 aliphatic heterocycles. The zero-order valence-electron chi connectivity index (χ0n) is 16.9. The van der Waals surface area contributed by atoms with E-state index in [1.54, 1.807) is 49.8 Å². The minimum Gasteiger partial charge on any atom is -0.493 e. The summed E-state index contributed by atoms with van der Waals surface area (Å²) in [5.41, 5.74) is 4.74. The molecule has 0 aliphatic carbocycles. The number of aromatic nitrogens is 1. The first-order valence-electron chi connectivity index (χ1n) is 9.50. The summed E-state index contributed by atoms with van der Waals surface area (Å²) < 4.78 is 11.2. The summed E-state index contributed by atoms with van der Waals surface area (Å²) in [6.45, 7) is 0.634. The van der Waals surface area contributed by atoms with Crippen LogP contribution >= 0.6 is 0 Å². The van der Waals surface area contributed by atoms with E-state index in [2.05, 4.69) is 20.8 Å². The molecule has 0 saturated heterocycles. The molecule has 0 bridgehead atoms. The van der Waals surface area contributed by atoms with Crippen LogP contribution in [0.3, 0.4) is 0 Å². The van der Waals surface area contributed by atoms with Crippen molar-refractivity contribution in [3.8, 4) is 11.5 Å². The Labute approximate surface area is 179 Å². The number of methoxy groups -OCH3 is 1. The Balaban J connectivity index is 1.51. The lowest BCUT2D eigenvalue weighted by molar-refractivity contribution is -0.139. The number of nitrogens with zero attached hydrogens (tertiary/aromatic N) is 2. The number of carbonyl (C=O) groups excluding carboxylic acids is 2. The summed E-state index contributed by atoms with van der Waals surface area (Å²) in [5.74, 6) is -0.527. The van der Waals surface area contributed by atoms with Gasteiger partial charge in [-0.2, -0.15) is 5.10 Å². The van der Waals surface area contributed by atoms with Crippen molar-refractivity contribution in [1.82, 2.24) is 15.7 Å². The quantitative estimate of drug-likeness (QED) is 0.332. The highest BCUT2D eigenvalue weighted by molar-refractivity contribution is 6.35. The number of hydrazone groups is 1. The highest BCUT2D eigenvalue weighted by atomic mass is 16.5. The van der Waals surface area contributed by atoms with Crippen LogP contribution in [0.1, 0.15) is 16.7 Å². The molecule has 0 unspecified atom stereocenters. The van der Waals surface area contributed by atoms with Crippen molar-refractivity contribution in [3.05, 3.63) is 89.7 Å². The Morgan fingerprint density at radius 3 is 2.48 bits per heavy atom. The van der Waals surface area contributed by atoms with E-state index in [4.69, 9.17) is 9.47 Å². The molecule has 0 saturated carbocycles. The van der Waals surface area contributed by atoms with Gasteiger partial charge in [0, 0.05) is 18.9 Å². The number of hydrogen-bond donors (Lipinski definition) is 2. The van der Waals surface area contributed by atoms with E-state index in [0.29, 0.717) is 23.7 Å². The fourth-order valence-corrected chi connectivity index (χ4v) is 2.60. The number of nitrogens with one attached hydrogen (secondary N) is 2. The molecule has 1 heterocycles. The van der Waals surface area contributed by atoms with Gasteiger partial charge in [-0.3, -0.25) is 14.6 Å². The van der Waals surface area contributed by atoms with Crippen LogP contribution in [0.25, 0.3) is 0 Å². The molecule has 1 aromatic heterocycles. The molecular formula is C23H22N4O4. The first-order valence-corrected chi connectivity index (χ1v) is 9.50. The lowest BCUT2D eigenvalue weighted by Crippen LogP contribution is -2.37. The Morgan fingerprint density at radius 1 is 0.968 bits per heavy atom. The van der Waals surface area contributed by atoms with Crippen LogP contribution in [0, 0.1) is 0 Å². The largest absolute Gasteiger partial charge is 0.493 e. The Hall–Kier alpha value is -4.20. The van der Waals surface area contributed by atoms with Crippen molar-refractivity contribution in [3.63, 3.8) is 0 Å². The second-order valence-electron chi connectivity index (χ2n) is 6.42. The number of carbonyl (C=O) groups is 2. The third-order valence-electron chi connectivity index (χ3n) is 4.21. The van der Waals surface area contributed by atoms with Gasteiger partial charge in [0.2, 0.25) is 0 Å². The second-order valence-corrected chi connectivity index (χ2v) is 6.42. The molecule has 0 spiro atoms. The summed E-state index contributed by atoms with van der Waals surface area (Å²) in [6, 6.07) is 18.5. The molecule has 0 radical (unpaired) electrons. The Bertz CT molecular complexity index is 1040. The van der Waals surface area contributed by atoms with Gasteiger partial charge >= 0.3 is 11.8 Å². The minimum atomic E-state index is -0.861. The van der Waals surface area contributed by atoms with Gasteiger partial charge in [-0.1, -0.05) is 30.3 Å². The van der Waals surface area contributed by atoms with Crippen molar-refractivity contribution in [2.24, 2.45) is 5.10 Å². The summed E-state index contributed by atoms with van der Waals surface area (Å²) in [6.07, 6.45) is 4.63. The summed E-state index contributed by atoms with van der Waals surface area (Å²) in [7, 11) is 1.54. The minimum absolute atomic E-state index is 0.222. The van der Waals surface area contributed by atoms with E-state index in [-0.39, 0.29) is 6.54 Å². The lowest BCUT2D eigenvalue weighted by atomic mass is 10.2. The van der Waals surface area contributed by atoms with E-state index in [0.717, 1.165) is 11.1 Å². The van der Waals surface area contributed by atoms with E-state index in [9.17, 15) is 9.59 Å². The number of hydrogen-bond acceptors (Lipinski definition) is 6. The van der Waals surface area contributed by atoms with Crippen molar-refractivity contribution in [2.75, 3.05) is 7.11 Å². The van der Waals surface area contributed by atoms with Crippen LogP contribution in [0.5, 0.6) is 11.5 Å². The topological polar surface area (TPSA) is 102 Å². The van der Waals surface area contributed by atoms with Gasteiger partial charge in [0.15, 0.2) is 11.5 Å². The Kier molecular flexibility index (Phi) is 7.70. The highest BCUT2D eigenvalue weighted by Crippen LogP contribution is 2.28. The lowest BCUT2D eigenvalue weighted by Gasteiger charge is -2.11. The molecule has 3 rings (SSSR count). The molecule has 0 aliphatic rings. The van der Waals surface area contributed by atoms with Gasteiger partial charge < -0.3 is 14.8 Å². The van der Waals surface area contributed by atoms with E-state index in [1.165, 1.54) is 6.21 Å². The molecule has 0 atom stereocenters. The molecule has 2 amide bonds. The van der Waals surface area contributed by atoms with Crippen LogP contribution in [-0.4, -0.2) is 30.1 Å². The third kappa shape index (κ3) is 6.67. The normalized spacial score (nSPS) is 10.5. The van der Waals surface area contributed by atoms with Gasteiger partial charge in [-0.25, -0.2) is 5.43 Å². The standard InChI is InChI=1S/C23H22N4O4/c1-30-21-13-19(7-8-20(21)31-16-18-5-3-2-4-6-18)15-26-27-23(29)22(28)25-14-17-9-11-24-12-10-17/h2-13,15H,14,16H2,1H3,(H,25,28)(H,27,29)/b26-15-. The fourth-order valence-electron chi connectivity index (χ4n) is 2.60. The molecule has 2 aromatic carbocycles. The van der Waals surface area contributed by atoms with E-state index >= 15 is 0 Å². The van der Waals surface area contributed by atoms with E-state index in [1.807, 2.05) is 30.3 Å². The molecule has 3 aromatic rings. The van der Waals surface area contributed by atoms with Gasteiger partial charge in [-0.15, -0.1) is 0 Å². The number of ether oxygens (including phenoxy) is 2. The van der Waals surface area contributed by atoms with Crippen LogP contribution in [0.15, 0.2) is 78.2 Å². The molecule has 8 nitrogen and oxygen atoms in total. The maximum atomic E-state index is 11.9. The molecule has 0 fully saturated rings. The fraction of sp³-hybridized carbons (Fsp3) is 0.130. The molecule has 158 valence electrons. The smallest absolute Gasteiger partial charge is 0.329 e. The van der Waals surface area contributed by atoms with Crippen LogP contribution in [0.2, 0.25) is 0 Å². The number of rotatable bonds is 8. The van der Waals surface area contributed by atoms with Gasteiger partial charge in [0.1, 0.15) is 6.61 Å². The summed E-state index contributed by atoms with van der Waals surface area (Å²) in [5, 5.41) is 6.34. The van der Waals surface area contributed by atoms with Gasteiger partial charge in [0.25, 0.3) is 0 Å². The zero-order chi connectivity index (χ0) is 21.9. The first-order chi connectivity index (χ1) is 15.2. The first kappa shape index (κ1) is 21.5. The number of amides is 2. The summed E-state index contributed by atoms with van der Waals surface area (Å²) >= 11 is 0. The average molecular weight is 418 g/mol. The van der Waals surface area contributed by atoms with Crippen LogP contribution in [0.4, 0.5) is 0 Å². The van der Waals surface area contributed by atoms with Crippen molar-refractivity contribution in [2.45, 2.75) is 13.2 Å². The molecule has 8 heteroatoms. The SMILES string of the molecule is COc1cc(/C=N\NC(=O)C(=O)NCc2ccncc2)ccc1OCc1ccccc1. The highest BCUT2D eigenvalue weighted by Gasteiger charge is 2.12. The van der Waals surface area contributed by atoms with E-state index < -0.39 is 11.8 Å². The predicted octanol–water partition coefficient (Wildman–Crippen LogP) is 2.44. The third-order valence-corrected chi connectivity index (χ3v) is 4.21. The predicted molar refractivity (Wildman–Crippen MR) is 116 cm³/mol. The van der Waals surface area contributed by atoms with Crippen molar-refractivity contribution >= 4 is 18.0 Å². The van der Waals surface area contributed by atoms with Gasteiger partial charge in [-0.05, 0) is 47.0 Å². The monoisotopic (exact) mass is 418 g/mol. The Morgan fingerprint density at radius 2 is 1.74 bits per heavy atom. The number of benzene rings is 2. The van der Waals surface area contributed by atoms with Crippen molar-refractivity contribution in [1.29, 1.82) is 0 Å². The van der Waals surface area contributed by atoms with Gasteiger partial charge in [0.05, 0.1) is 13.3 Å². The maximum Gasteiger partial charge on any atom is 0.329 e. The molecule has 31 heavy (non-hydrogen) atoms. The number of pyridine rings is 1. The van der Waals surface area contributed by atoms with Crippen LogP contribution in [-0.2, 0) is 22.7 Å². The molecule has 2 N–H and O–H groups in total. The molecular weight excluding hydrogens is 396 g/mol.